The van der Waals surface area contributed by atoms with E-state index in [0.29, 0.717) is 23.5 Å². The highest BCUT2D eigenvalue weighted by atomic mass is 16.6. The predicted octanol–water partition coefficient (Wildman–Crippen LogP) is 3.63. The Morgan fingerprint density at radius 2 is 1.90 bits per heavy atom. The number of benzene rings is 2. The Kier molecular flexibility index (Phi) is 4.16. The van der Waals surface area contributed by atoms with Crippen molar-refractivity contribution in [1.29, 1.82) is 0 Å². The highest BCUT2D eigenvalue weighted by molar-refractivity contribution is 6.04. The molecule has 2 fully saturated rings. The molecule has 3 aromatic rings. The average molecular weight is 418 g/mol. The quantitative estimate of drug-likeness (QED) is 0.703. The minimum absolute atomic E-state index is 0.0312. The Bertz CT molecular complexity index is 1190. The molecule has 0 radical (unpaired) electrons. The summed E-state index contributed by atoms with van der Waals surface area (Å²) in [6, 6.07) is 13.7. The van der Waals surface area contributed by atoms with E-state index in [4.69, 9.17) is 10.5 Å². The van der Waals surface area contributed by atoms with E-state index in [1.54, 1.807) is 16.8 Å². The van der Waals surface area contributed by atoms with Crippen LogP contribution in [0.2, 0.25) is 0 Å². The molecule has 2 aromatic carbocycles. The molecule has 1 aliphatic carbocycles. The third-order valence-electron chi connectivity index (χ3n) is 6.31. The van der Waals surface area contributed by atoms with Gasteiger partial charge in [0.1, 0.15) is 11.1 Å². The fourth-order valence-electron chi connectivity index (χ4n) is 4.72. The lowest BCUT2D eigenvalue weighted by atomic mass is 9.95. The molecule has 2 N–H and O–H groups in total. The van der Waals surface area contributed by atoms with Gasteiger partial charge in [0.05, 0.1) is 11.3 Å². The molecular weight excluding hydrogens is 392 g/mol. The summed E-state index contributed by atoms with van der Waals surface area (Å²) in [5.74, 6) is -0.00266. The summed E-state index contributed by atoms with van der Waals surface area (Å²) in [4.78, 5) is 26.0. The molecule has 7 nitrogen and oxygen atoms in total. The fourth-order valence-corrected chi connectivity index (χ4v) is 4.72. The number of carbonyl (C=O) groups excluding carboxylic acids is 2. The van der Waals surface area contributed by atoms with E-state index in [9.17, 15) is 9.59 Å². The van der Waals surface area contributed by atoms with Gasteiger partial charge in [0, 0.05) is 30.1 Å². The van der Waals surface area contributed by atoms with Crippen LogP contribution < -0.4 is 5.73 Å². The van der Waals surface area contributed by atoms with E-state index in [1.165, 1.54) is 5.56 Å². The molecule has 31 heavy (non-hydrogen) atoms. The molecule has 2 aliphatic rings. The smallest absolute Gasteiger partial charge is 0.410 e. The second kappa shape index (κ2) is 6.57. The zero-order valence-corrected chi connectivity index (χ0v) is 18.0. The summed E-state index contributed by atoms with van der Waals surface area (Å²) in [6.07, 6.45) is 2.76. The first-order chi connectivity index (χ1) is 14.7. The number of nitrogens with zero attached hydrogens (tertiary/aromatic N) is 3. The highest BCUT2D eigenvalue weighted by Crippen LogP contribution is 2.59. The molecule has 2 unspecified atom stereocenters. The second-order valence-corrected chi connectivity index (χ2v) is 9.65. The van der Waals surface area contributed by atoms with Gasteiger partial charge in [0.25, 0.3) is 5.91 Å². The topological polar surface area (TPSA) is 90.5 Å². The van der Waals surface area contributed by atoms with Crippen molar-refractivity contribution < 1.29 is 14.3 Å². The number of fused-ring (bicyclic) bond motifs is 2. The van der Waals surface area contributed by atoms with Crippen LogP contribution in [-0.4, -0.2) is 45.4 Å². The summed E-state index contributed by atoms with van der Waals surface area (Å²) in [7, 11) is 0. The first kappa shape index (κ1) is 19.6. The van der Waals surface area contributed by atoms with Crippen molar-refractivity contribution in [1.82, 2.24) is 14.7 Å². The largest absolute Gasteiger partial charge is 0.444 e. The highest BCUT2D eigenvalue weighted by Gasteiger charge is 2.62. The Labute approximate surface area is 180 Å². The van der Waals surface area contributed by atoms with E-state index in [-0.39, 0.29) is 11.5 Å². The average Bonchev–Trinajstić information content (AvgIpc) is 3.07. The summed E-state index contributed by atoms with van der Waals surface area (Å²) in [5.41, 5.74) is 8.19. The molecular formula is C24H26N4O3. The van der Waals surface area contributed by atoms with Gasteiger partial charge in [-0.3, -0.25) is 4.79 Å². The lowest BCUT2D eigenvalue weighted by Crippen LogP contribution is -2.37. The van der Waals surface area contributed by atoms with Crippen molar-refractivity contribution in [3.8, 4) is 5.69 Å². The standard InChI is InChI=1S/C24H26N4O3/c1-23(2,3)31-22(30)27-13-17-11-24(17,14-27)16-7-9-18(10-8-16)28-12-15-5-4-6-19(21(25)29)20(15)26-28/h4-10,12,17H,11,13-14H2,1-3H3,(H2,25,29). The molecule has 7 heteroatoms. The van der Waals surface area contributed by atoms with Gasteiger partial charge in [0.2, 0.25) is 0 Å². The van der Waals surface area contributed by atoms with Gasteiger partial charge in [-0.25, -0.2) is 9.48 Å². The molecule has 1 saturated carbocycles. The van der Waals surface area contributed by atoms with Crippen molar-refractivity contribution in [2.75, 3.05) is 13.1 Å². The normalized spacial score (nSPS) is 22.4. The van der Waals surface area contributed by atoms with Gasteiger partial charge < -0.3 is 15.4 Å². The molecule has 2 atom stereocenters. The maximum atomic E-state index is 12.5. The summed E-state index contributed by atoms with van der Waals surface area (Å²) in [6.45, 7) is 7.11. The minimum Gasteiger partial charge on any atom is -0.444 e. The maximum absolute atomic E-state index is 12.5. The number of primary amides is 1. The Balaban J connectivity index is 1.37. The molecule has 2 heterocycles. The van der Waals surface area contributed by atoms with E-state index >= 15 is 0 Å². The number of hydrogen-bond acceptors (Lipinski definition) is 4. The van der Waals surface area contributed by atoms with Gasteiger partial charge in [-0.15, -0.1) is 0 Å². The van der Waals surface area contributed by atoms with Gasteiger partial charge >= 0.3 is 6.09 Å². The van der Waals surface area contributed by atoms with Crippen molar-refractivity contribution in [3.05, 3.63) is 59.8 Å². The number of amides is 2. The number of nitrogens with two attached hydrogens (primary N) is 1. The number of hydrogen-bond donors (Lipinski definition) is 1. The summed E-state index contributed by atoms with van der Waals surface area (Å²) < 4.78 is 7.31. The van der Waals surface area contributed by atoms with Crippen LogP contribution in [0, 0.1) is 5.92 Å². The first-order valence-corrected chi connectivity index (χ1v) is 10.5. The lowest BCUT2D eigenvalue weighted by molar-refractivity contribution is 0.0270. The van der Waals surface area contributed by atoms with Crippen LogP contribution >= 0.6 is 0 Å². The lowest BCUT2D eigenvalue weighted by Gasteiger charge is -2.26. The first-order valence-electron chi connectivity index (χ1n) is 10.5. The fraction of sp³-hybridized carbons (Fsp3) is 0.375. The van der Waals surface area contributed by atoms with E-state index in [2.05, 4.69) is 17.2 Å². The Morgan fingerprint density at radius 1 is 1.16 bits per heavy atom. The van der Waals surface area contributed by atoms with Crippen molar-refractivity contribution in [3.63, 3.8) is 0 Å². The summed E-state index contributed by atoms with van der Waals surface area (Å²) in [5, 5.41) is 5.44. The molecule has 0 bridgehead atoms. The summed E-state index contributed by atoms with van der Waals surface area (Å²) >= 11 is 0. The van der Waals surface area contributed by atoms with E-state index in [1.807, 2.05) is 50.1 Å². The molecule has 160 valence electrons. The molecule has 1 saturated heterocycles. The zero-order chi connectivity index (χ0) is 22.0. The monoisotopic (exact) mass is 418 g/mol. The number of carbonyl (C=O) groups is 2. The van der Waals surface area contributed by atoms with Crippen LogP contribution in [0.4, 0.5) is 4.79 Å². The van der Waals surface area contributed by atoms with Gasteiger partial charge in [-0.05, 0) is 56.9 Å². The molecule has 2 amide bonds. The number of likely N-dealkylation sites (tertiary alicyclic amines) is 1. The SMILES string of the molecule is CC(C)(C)OC(=O)N1CC2CC2(c2ccc(-n3cc4cccc(C(N)=O)c4n3)cc2)C1. The molecule has 0 spiro atoms. The van der Waals surface area contributed by atoms with Crippen LogP contribution in [0.5, 0.6) is 0 Å². The van der Waals surface area contributed by atoms with Crippen molar-refractivity contribution >= 4 is 22.9 Å². The van der Waals surface area contributed by atoms with Crippen molar-refractivity contribution in [2.24, 2.45) is 11.7 Å². The molecule has 1 aliphatic heterocycles. The van der Waals surface area contributed by atoms with E-state index in [0.717, 1.165) is 24.0 Å². The number of piperidine rings is 1. The van der Waals surface area contributed by atoms with Crippen LogP contribution in [-0.2, 0) is 10.2 Å². The van der Waals surface area contributed by atoms with Crippen LogP contribution in [0.15, 0.2) is 48.7 Å². The Morgan fingerprint density at radius 3 is 2.58 bits per heavy atom. The Hall–Kier alpha value is -3.35. The maximum Gasteiger partial charge on any atom is 0.410 e. The van der Waals surface area contributed by atoms with Gasteiger partial charge in [0.15, 0.2) is 0 Å². The minimum atomic E-state index is -0.486. The second-order valence-electron chi connectivity index (χ2n) is 9.65. The molecule has 1 aromatic heterocycles. The third-order valence-corrected chi connectivity index (χ3v) is 6.31. The van der Waals surface area contributed by atoms with Crippen molar-refractivity contribution in [2.45, 2.75) is 38.2 Å². The number of rotatable bonds is 3. The van der Waals surface area contributed by atoms with Gasteiger partial charge in [-0.2, -0.15) is 5.10 Å². The number of ether oxygens (including phenoxy) is 1. The predicted molar refractivity (Wildman–Crippen MR) is 117 cm³/mol. The molecule has 5 rings (SSSR count). The van der Waals surface area contributed by atoms with Crippen LogP contribution in [0.1, 0.15) is 43.1 Å². The third kappa shape index (κ3) is 3.34. The van der Waals surface area contributed by atoms with Crippen LogP contribution in [0.3, 0.4) is 0 Å². The zero-order valence-electron chi connectivity index (χ0n) is 18.0. The van der Waals surface area contributed by atoms with E-state index < -0.39 is 11.5 Å². The van der Waals surface area contributed by atoms with Crippen LogP contribution in [0.25, 0.3) is 16.6 Å². The van der Waals surface area contributed by atoms with Gasteiger partial charge in [-0.1, -0.05) is 24.3 Å². The number of aromatic nitrogens is 2.